The van der Waals surface area contributed by atoms with E-state index < -0.39 is 24.0 Å². The first-order valence-corrected chi connectivity index (χ1v) is 9.56. The lowest BCUT2D eigenvalue weighted by atomic mass is 10.1. The number of hydrogen-bond acceptors (Lipinski definition) is 5. The van der Waals surface area contributed by atoms with E-state index in [4.69, 9.17) is 15.9 Å². The first kappa shape index (κ1) is 23.1. The van der Waals surface area contributed by atoms with Crippen LogP contribution in [0.25, 0.3) is 0 Å². The summed E-state index contributed by atoms with van der Waals surface area (Å²) in [6.07, 6.45) is -2.95. The molecular weight excluding hydrogens is 511 g/mol. The largest absolute Gasteiger partial charge is 0.384 e. The number of benzene rings is 2. The van der Waals surface area contributed by atoms with Crippen LogP contribution in [0.3, 0.4) is 0 Å². The van der Waals surface area contributed by atoms with Gasteiger partial charge in [0.1, 0.15) is 5.84 Å². The molecule has 0 saturated carbocycles. The van der Waals surface area contributed by atoms with Gasteiger partial charge in [-0.25, -0.2) is 0 Å². The van der Waals surface area contributed by atoms with Gasteiger partial charge in [0.05, 0.1) is 6.61 Å². The van der Waals surface area contributed by atoms with Crippen molar-refractivity contribution in [3.8, 4) is 0 Å². The van der Waals surface area contributed by atoms with Gasteiger partial charge in [0.25, 0.3) is 11.8 Å². The maximum Gasteiger partial charge on any atom is 0.259 e. The molecule has 2 amide bonds. The Bertz CT molecular complexity index is 892. The number of amidine groups is 1. The number of amides is 2. The summed E-state index contributed by atoms with van der Waals surface area (Å²) in [6.45, 7) is 0.552. The molecule has 2 aromatic carbocycles. The third-order valence-electron chi connectivity index (χ3n) is 4.28. The van der Waals surface area contributed by atoms with E-state index in [9.17, 15) is 14.7 Å². The molecule has 0 spiro atoms. The second kappa shape index (κ2) is 10.0. The van der Waals surface area contributed by atoms with Crippen molar-refractivity contribution in [1.29, 1.82) is 5.41 Å². The van der Waals surface area contributed by atoms with E-state index >= 15 is 0 Å². The summed E-state index contributed by atoms with van der Waals surface area (Å²) in [5.74, 6) is -1.31. The van der Waals surface area contributed by atoms with Crippen molar-refractivity contribution in [3.05, 3.63) is 57.7 Å². The fourth-order valence-electron chi connectivity index (χ4n) is 2.80. The summed E-state index contributed by atoms with van der Waals surface area (Å²) < 4.78 is 6.42. The third kappa shape index (κ3) is 5.44. The van der Waals surface area contributed by atoms with E-state index in [-0.39, 0.29) is 24.8 Å². The van der Waals surface area contributed by atoms with Crippen LogP contribution < -0.4 is 16.0 Å². The van der Waals surface area contributed by atoms with Crippen LogP contribution in [0.1, 0.15) is 5.56 Å². The topological polar surface area (TPSA) is 129 Å². The van der Waals surface area contributed by atoms with Gasteiger partial charge in [-0.05, 0) is 71.1 Å². The van der Waals surface area contributed by atoms with Gasteiger partial charge in [0.2, 0.25) is 0 Å². The highest BCUT2D eigenvalue weighted by molar-refractivity contribution is 14.1. The van der Waals surface area contributed by atoms with Crippen LogP contribution in [0.5, 0.6) is 0 Å². The lowest BCUT2D eigenvalue weighted by molar-refractivity contribution is -0.150. The standard InChI is InChI=1S/C19H19IN4O4.ClH/c20-12-3-7-14(8-4-12)24-9-10-28-16(19(24)27)15(25)18(26)23-13-5-1-11(2-6-13)17(21)22;/h1-8,15-16,25H,9-10H2,(H3,21,22)(H,23,26);1H/t15?,16-;/m1./s1. The van der Waals surface area contributed by atoms with Crippen molar-refractivity contribution >= 4 is 64.0 Å². The second-order valence-corrected chi connectivity index (χ2v) is 7.43. The second-order valence-electron chi connectivity index (χ2n) is 6.18. The summed E-state index contributed by atoms with van der Waals surface area (Å²) in [5.41, 5.74) is 7.00. The summed E-state index contributed by atoms with van der Waals surface area (Å²) in [7, 11) is 0. The highest BCUT2D eigenvalue weighted by Crippen LogP contribution is 2.22. The fraction of sp³-hybridized carbons (Fsp3) is 0.211. The molecule has 1 aliphatic rings. The zero-order valence-corrected chi connectivity index (χ0v) is 18.1. The predicted octanol–water partition coefficient (Wildman–Crippen LogP) is 1.73. The molecule has 29 heavy (non-hydrogen) atoms. The molecule has 1 fully saturated rings. The monoisotopic (exact) mass is 530 g/mol. The number of rotatable bonds is 5. The zero-order chi connectivity index (χ0) is 20.3. The molecule has 8 nitrogen and oxygen atoms in total. The van der Waals surface area contributed by atoms with Crippen LogP contribution >= 0.6 is 35.0 Å². The van der Waals surface area contributed by atoms with Crippen molar-refractivity contribution < 1.29 is 19.4 Å². The number of nitrogen functional groups attached to an aromatic ring is 1. The summed E-state index contributed by atoms with van der Waals surface area (Å²) in [6, 6.07) is 13.6. The Morgan fingerprint density at radius 2 is 1.86 bits per heavy atom. The van der Waals surface area contributed by atoms with Crippen molar-refractivity contribution in [2.45, 2.75) is 12.2 Å². The quantitative estimate of drug-likeness (QED) is 0.266. The first-order chi connectivity index (χ1) is 13.4. The summed E-state index contributed by atoms with van der Waals surface area (Å²) in [5, 5.41) is 20.3. The van der Waals surface area contributed by atoms with E-state index in [2.05, 4.69) is 27.9 Å². The molecule has 0 bridgehead atoms. The van der Waals surface area contributed by atoms with E-state index in [0.717, 1.165) is 3.57 Å². The van der Waals surface area contributed by atoms with E-state index in [1.165, 1.54) is 4.90 Å². The number of halogens is 2. The molecule has 2 aromatic rings. The van der Waals surface area contributed by atoms with Crippen molar-refractivity contribution in [2.75, 3.05) is 23.4 Å². The Morgan fingerprint density at radius 1 is 1.24 bits per heavy atom. The molecule has 1 saturated heterocycles. The average Bonchev–Trinajstić information content (AvgIpc) is 2.69. The number of ether oxygens (including phenoxy) is 1. The minimum Gasteiger partial charge on any atom is -0.384 e. The van der Waals surface area contributed by atoms with E-state index in [0.29, 0.717) is 23.5 Å². The number of hydrogen-bond donors (Lipinski definition) is 4. The van der Waals surface area contributed by atoms with Gasteiger partial charge in [-0.2, -0.15) is 0 Å². The number of carbonyl (C=O) groups excluding carboxylic acids is 2. The molecule has 3 rings (SSSR count). The minimum atomic E-state index is -1.66. The number of aliphatic hydroxyl groups excluding tert-OH is 1. The molecule has 0 aliphatic carbocycles. The molecule has 0 radical (unpaired) electrons. The number of carbonyl (C=O) groups is 2. The van der Waals surface area contributed by atoms with Gasteiger partial charge in [-0.3, -0.25) is 15.0 Å². The van der Waals surface area contributed by atoms with Gasteiger partial charge in [-0.1, -0.05) is 0 Å². The highest BCUT2D eigenvalue weighted by Gasteiger charge is 2.39. The number of morpholine rings is 1. The van der Waals surface area contributed by atoms with Gasteiger partial charge in [0, 0.05) is 27.1 Å². The average molecular weight is 531 g/mol. The Labute approximate surface area is 187 Å². The molecule has 10 heteroatoms. The Morgan fingerprint density at radius 3 is 2.45 bits per heavy atom. The number of aliphatic hydroxyl groups is 1. The van der Waals surface area contributed by atoms with Crippen LogP contribution in [0.15, 0.2) is 48.5 Å². The maximum atomic E-state index is 12.8. The predicted molar refractivity (Wildman–Crippen MR) is 121 cm³/mol. The third-order valence-corrected chi connectivity index (χ3v) is 5.00. The molecule has 1 unspecified atom stereocenters. The molecular formula is C19H20ClIN4O4. The molecule has 5 N–H and O–H groups in total. The number of nitrogens with two attached hydrogens (primary N) is 1. The van der Waals surface area contributed by atoms with Crippen molar-refractivity contribution in [1.82, 2.24) is 0 Å². The zero-order valence-electron chi connectivity index (χ0n) is 15.2. The van der Waals surface area contributed by atoms with Gasteiger partial charge < -0.3 is 25.8 Å². The lowest BCUT2D eigenvalue weighted by Gasteiger charge is -2.34. The van der Waals surface area contributed by atoms with Crippen LogP contribution in [0, 0.1) is 8.98 Å². The first-order valence-electron chi connectivity index (χ1n) is 8.49. The number of nitrogens with one attached hydrogen (secondary N) is 2. The van der Waals surface area contributed by atoms with E-state index in [1.807, 2.05) is 24.3 Å². The molecule has 154 valence electrons. The van der Waals surface area contributed by atoms with Crippen molar-refractivity contribution in [3.63, 3.8) is 0 Å². The molecule has 1 heterocycles. The highest BCUT2D eigenvalue weighted by atomic mass is 127. The molecule has 0 aromatic heterocycles. The van der Waals surface area contributed by atoms with Gasteiger partial charge in [0.15, 0.2) is 12.2 Å². The summed E-state index contributed by atoms with van der Waals surface area (Å²) in [4.78, 5) is 26.6. The lowest BCUT2D eigenvalue weighted by Crippen LogP contribution is -2.55. The van der Waals surface area contributed by atoms with Crippen LogP contribution in [-0.4, -0.2) is 48.1 Å². The smallest absolute Gasteiger partial charge is 0.259 e. The summed E-state index contributed by atoms with van der Waals surface area (Å²) >= 11 is 2.17. The van der Waals surface area contributed by atoms with Crippen LogP contribution in [0.2, 0.25) is 0 Å². The van der Waals surface area contributed by atoms with Crippen molar-refractivity contribution in [2.24, 2.45) is 5.73 Å². The minimum absolute atomic E-state index is 0. The van der Waals surface area contributed by atoms with Gasteiger partial charge in [-0.15, -0.1) is 12.4 Å². The Kier molecular flexibility index (Phi) is 7.96. The Hall–Kier alpha value is -2.21. The van der Waals surface area contributed by atoms with Gasteiger partial charge >= 0.3 is 0 Å². The van der Waals surface area contributed by atoms with Crippen LogP contribution in [0.4, 0.5) is 11.4 Å². The maximum absolute atomic E-state index is 12.8. The SMILES string of the molecule is Cl.N=C(N)c1ccc(NC(=O)C(O)[C@H]2OCCN(c3ccc(I)cc3)C2=O)cc1. The Balaban J connectivity index is 0.00000300. The van der Waals surface area contributed by atoms with Crippen LogP contribution in [-0.2, 0) is 14.3 Å². The number of anilines is 2. The number of nitrogens with zero attached hydrogens (tertiary/aromatic N) is 1. The molecule has 1 aliphatic heterocycles. The molecule has 2 atom stereocenters. The normalized spacial score (nSPS) is 17.2. The van der Waals surface area contributed by atoms with E-state index in [1.54, 1.807) is 24.3 Å². The fourth-order valence-corrected chi connectivity index (χ4v) is 3.16.